The summed E-state index contributed by atoms with van der Waals surface area (Å²) in [6.07, 6.45) is 4.45. The fourth-order valence-electron chi connectivity index (χ4n) is 3.56. The topological polar surface area (TPSA) is 74.6 Å². The molecule has 2 unspecified atom stereocenters. The Morgan fingerprint density at radius 1 is 1.37 bits per heavy atom. The first kappa shape index (κ1) is 11.0. The fourth-order valence-corrected chi connectivity index (χ4v) is 3.56. The van der Waals surface area contributed by atoms with Gasteiger partial charge in [-0.25, -0.2) is 0 Å². The number of carbonyl (C=O) groups is 1. The molecule has 3 aliphatic rings. The van der Waals surface area contributed by atoms with Gasteiger partial charge in [-0.15, -0.1) is 0 Å². The summed E-state index contributed by atoms with van der Waals surface area (Å²) in [6, 6.07) is 2.73. The van der Waals surface area contributed by atoms with Gasteiger partial charge in [0.1, 0.15) is 18.1 Å². The average Bonchev–Trinajstić information content (AvgIpc) is 2.64. The molecule has 2 atom stereocenters. The van der Waals surface area contributed by atoms with Crippen molar-refractivity contribution in [1.82, 2.24) is 9.58 Å². The van der Waals surface area contributed by atoms with Crippen molar-refractivity contribution in [2.24, 2.45) is 5.41 Å². The van der Waals surface area contributed by atoms with Gasteiger partial charge in [0.2, 0.25) is 0 Å². The van der Waals surface area contributed by atoms with Crippen molar-refractivity contribution in [3.63, 3.8) is 0 Å². The summed E-state index contributed by atoms with van der Waals surface area (Å²) >= 11 is 0. The molecule has 0 bridgehead atoms. The zero-order chi connectivity index (χ0) is 13.2. The molecule has 1 saturated carbocycles. The van der Waals surface area contributed by atoms with Gasteiger partial charge in [-0.05, 0) is 19.3 Å². The predicted octanol–water partition coefficient (Wildman–Crippen LogP) is 0.0661. The Morgan fingerprint density at radius 3 is 2.84 bits per heavy atom. The molecule has 1 amide bonds. The van der Waals surface area contributed by atoms with Gasteiger partial charge in [-0.3, -0.25) is 19.2 Å². The van der Waals surface area contributed by atoms with Crippen LogP contribution in [0.5, 0.6) is 0 Å². The van der Waals surface area contributed by atoms with Crippen molar-refractivity contribution in [2.45, 2.75) is 38.1 Å². The molecule has 100 valence electrons. The number of aliphatic hydroxyl groups excluding tert-OH is 1. The minimum Gasteiger partial charge on any atom is -0.373 e. The number of nitrogens with one attached hydrogen (secondary N) is 1. The fraction of sp³-hybridized carbons (Fsp3) is 0.538. The van der Waals surface area contributed by atoms with Crippen molar-refractivity contribution in [2.75, 3.05) is 5.43 Å². The molecule has 1 aliphatic carbocycles. The van der Waals surface area contributed by atoms with Gasteiger partial charge in [0.15, 0.2) is 5.43 Å². The molecule has 6 heteroatoms. The van der Waals surface area contributed by atoms with E-state index in [1.54, 1.807) is 10.9 Å². The second-order valence-corrected chi connectivity index (χ2v) is 5.77. The number of hydrogen-bond acceptors (Lipinski definition) is 4. The number of aliphatic hydroxyl groups is 1. The van der Waals surface area contributed by atoms with Crippen LogP contribution in [0, 0.1) is 5.41 Å². The lowest BCUT2D eigenvalue weighted by Gasteiger charge is -2.41. The minimum absolute atomic E-state index is 0.143. The van der Waals surface area contributed by atoms with Gasteiger partial charge in [-0.2, -0.15) is 0 Å². The number of pyridine rings is 1. The first-order valence-electron chi connectivity index (χ1n) is 6.61. The third-order valence-corrected chi connectivity index (χ3v) is 4.76. The van der Waals surface area contributed by atoms with Crippen LogP contribution in [0.25, 0.3) is 0 Å². The van der Waals surface area contributed by atoms with Gasteiger partial charge in [-0.1, -0.05) is 6.42 Å². The molecular formula is C13H15N3O3. The van der Waals surface area contributed by atoms with Crippen molar-refractivity contribution in [3.05, 3.63) is 34.2 Å². The van der Waals surface area contributed by atoms with Gasteiger partial charge in [0, 0.05) is 23.7 Å². The van der Waals surface area contributed by atoms with Crippen LogP contribution in [-0.4, -0.2) is 33.0 Å². The monoisotopic (exact) mass is 261 g/mol. The first-order valence-corrected chi connectivity index (χ1v) is 6.61. The smallest absolute Gasteiger partial charge is 0.276 e. The molecule has 19 heavy (non-hydrogen) atoms. The lowest BCUT2D eigenvalue weighted by atomic mass is 9.67. The zero-order valence-electron chi connectivity index (χ0n) is 10.4. The Bertz CT molecular complexity index is 620. The summed E-state index contributed by atoms with van der Waals surface area (Å²) in [4.78, 5) is 25.3. The van der Waals surface area contributed by atoms with E-state index in [0.717, 1.165) is 25.7 Å². The largest absolute Gasteiger partial charge is 0.373 e. The van der Waals surface area contributed by atoms with Gasteiger partial charge in [0.25, 0.3) is 5.91 Å². The second kappa shape index (κ2) is 3.39. The maximum atomic E-state index is 12.5. The molecule has 1 spiro atoms. The Hall–Kier alpha value is -1.82. The molecule has 0 aromatic carbocycles. The molecule has 2 fully saturated rings. The molecule has 1 aromatic rings. The lowest BCUT2D eigenvalue weighted by Crippen LogP contribution is -2.54. The van der Waals surface area contributed by atoms with Crippen LogP contribution in [0.1, 0.15) is 36.2 Å². The van der Waals surface area contributed by atoms with E-state index in [1.165, 1.54) is 17.0 Å². The third kappa shape index (κ3) is 1.29. The summed E-state index contributed by atoms with van der Waals surface area (Å²) in [5, 5.41) is 10.4. The van der Waals surface area contributed by atoms with Gasteiger partial charge in [0.05, 0.1) is 0 Å². The lowest BCUT2D eigenvalue weighted by molar-refractivity contribution is -0.0697. The number of aromatic nitrogens is 1. The summed E-state index contributed by atoms with van der Waals surface area (Å²) in [6.45, 7) is 0. The average molecular weight is 261 g/mol. The standard InChI is InChI=1S/C13H15N3O3/c17-8-2-5-15-9(6-8)11(18)16-10(14-15)7-13(12(16)19)3-1-4-13/h2,5-6,10,12,14,19H,1,3-4,7H2. The maximum absolute atomic E-state index is 12.5. The highest BCUT2D eigenvalue weighted by Gasteiger charge is 2.57. The minimum atomic E-state index is -0.740. The Balaban J connectivity index is 1.78. The molecular weight excluding hydrogens is 246 g/mol. The molecule has 1 aromatic heterocycles. The van der Waals surface area contributed by atoms with E-state index in [1.807, 2.05) is 0 Å². The number of carbonyl (C=O) groups excluding carboxylic acids is 1. The molecule has 4 rings (SSSR count). The maximum Gasteiger partial charge on any atom is 0.276 e. The Kier molecular flexibility index (Phi) is 1.97. The third-order valence-electron chi connectivity index (χ3n) is 4.76. The number of hydrogen-bond donors (Lipinski definition) is 2. The highest BCUT2D eigenvalue weighted by atomic mass is 16.3. The van der Waals surface area contributed by atoms with Crippen LogP contribution in [0.15, 0.2) is 23.1 Å². The van der Waals surface area contributed by atoms with Crippen LogP contribution >= 0.6 is 0 Å². The molecule has 2 N–H and O–H groups in total. The summed E-state index contributed by atoms with van der Waals surface area (Å²) in [7, 11) is 0. The van der Waals surface area contributed by atoms with Crippen molar-refractivity contribution in [3.8, 4) is 0 Å². The summed E-state index contributed by atoms with van der Waals surface area (Å²) in [5.74, 6) is -0.266. The highest BCUT2D eigenvalue weighted by molar-refractivity contribution is 5.94. The van der Waals surface area contributed by atoms with E-state index < -0.39 is 6.23 Å². The first-order chi connectivity index (χ1) is 9.11. The second-order valence-electron chi connectivity index (χ2n) is 5.77. The van der Waals surface area contributed by atoms with Crippen LogP contribution in [0.4, 0.5) is 0 Å². The van der Waals surface area contributed by atoms with Crippen molar-refractivity contribution < 1.29 is 9.90 Å². The molecule has 3 heterocycles. The van der Waals surface area contributed by atoms with E-state index in [4.69, 9.17) is 0 Å². The van der Waals surface area contributed by atoms with Crippen LogP contribution in [0.2, 0.25) is 0 Å². The Morgan fingerprint density at radius 2 is 2.16 bits per heavy atom. The number of rotatable bonds is 0. The van der Waals surface area contributed by atoms with E-state index in [0.29, 0.717) is 5.69 Å². The van der Waals surface area contributed by atoms with Gasteiger partial charge < -0.3 is 10.5 Å². The predicted molar refractivity (Wildman–Crippen MR) is 66.9 cm³/mol. The summed E-state index contributed by atoms with van der Waals surface area (Å²) < 4.78 is 1.59. The molecule has 0 radical (unpaired) electrons. The van der Waals surface area contributed by atoms with Crippen molar-refractivity contribution >= 4 is 5.91 Å². The molecule has 1 saturated heterocycles. The Labute approximate surface area is 109 Å². The van der Waals surface area contributed by atoms with E-state index in [9.17, 15) is 14.7 Å². The van der Waals surface area contributed by atoms with E-state index in [-0.39, 0.29) is 22.9 Å². The van der Waals surface area contributed by atoms with Crippen LogP contribution in [-0.2, 0) is 0 Å². The van der Waals surface area contributed by atoms with Crippen LogP contribution in [0.3, 0.4) is 0 Å². The zero-order valence-corrected chi connectivity index (χ0v) is 10.4. The normalized spacial score (nSPS) is 30.6. The summed E-state index contributed by atoms with van der Waals surface area (Å²) in [5.41, 5.74) is 3.14. The highest BCUT2D eigenvalue weighted by Crippen LogP contribution is 2.54. The quantitative estimate of drug-likeness (QED) is 0.693. The number of amides is 1. The van der Waals surface area contributed by atoms with Crippen molar-refractivity contribution in [1.29, 1.82) is 0 Å². The van der Waals surface area contributed by atoms with Gasteiger partial charge >= 0.3 is 0 Å². The van der Waals surface area contributed by atoms with Crippen LogP contribution < -0.4 is 10.9 Å². The molecule has 2 aliphatic heterocycles. The molecule has 6 nitrogen and oxygen atoms in total. The SMILES string of the molecule is O=C1c2cc(=O)ccn2NC2CC3(CCC3)C(O)N12. The number of nitrogens with zero attached hydrogens (tertiary/aromatic N) is 2. The number of fused-ring (bicyclic) bond motifs is 2. The van der Waals surface area contributed by atoms with E-state index in [2.05, 4.69) is 5.43 Å². The van der Waals surface area contributed by atoms with E-state index >= 15 is 0 Å².